The topological polar surface area (TPSA) is 63.6 Å². The monoisotopic (exact) mass is 452 g/mol. The summed E-state index contributed by atoms with van der Waals surface area (Å²) in [5.74, 6) is -2.02. The summed E-state index contributed by atoms with van der Waals surface area (Å²) in [4.78, 5) is 22.9. The van der Waals surface area contributed by atoms with Crippen LogP contribution in [0.3, 0.4) is 0 Å². The molecule has 0 amide bonds. The average molecular weight is 453 g/mol. The zero-order valence-electron chi connectivity index (χ0n) is 21.3. The Morgan fingerprint density at radius 1 is 0.688 bits per heavy atom. The van der Waals surface area contributed by atoms with E-state index in [1.165, 1.54) is 96.3 Å². The number of carboxylic acid groups (broad SMARTS) is 1. The van der Waals surface area contributed by atoms with Gasteiger partial charge in [0, 0.05) is 0 Å². The van der Waals surface area contributed by atoms with Gasteiger partial charge in [0.15, 0.2) is 0 Å². The lowest BCUT2D eigenvalue weighted by Gasteiger charge is -2.09. The molecule has 0 spiro atoms. The minimum absolute atomic E-state index is 0.0429. The summed E-state index contributed by atoms with van der Waals surface area (Å²) in [5, 5.41) is 9.26. The number of carbonyl (C=O) groups excluding carboxylic acids is 1. The van der Waals surface area contributed by atoms with Crippen molar-refractivity contribution in [2.45, 2.75) is 142 Å². The van der Waals surface area contributed by atoms with Crippen LogP contribution in [0.15, 0.2) is 12.2 Å². The SMILES string of the molecule is CCCCCCCCCCCCCCCCCC/C=C/CC(CC(=O)OCCC)C(=O)O. The fourth-order valence-corrected chi connectivity index (χ4v) is 3.94. The van der Waals surface area contributed by atoms with E-state index in [1.54, 1.807) is 0 Å². The standard InChI is InChI=1S/C28H52O4/c1-3-5-6-7-8-9-10-11-12-13-14-15-16-17-18-19-20-21-22-23-26(28(30)31)25-27(29)32-24-4-2/h21-22,26H,3-20,23-25H2,1-2H3,(H,30,31)/b22-21+. The van der Waals surface area contributed by atoms with Crippen molar-refractivity contribution in [3.63, 3.8) is 0 Å². The number of hydrogen-bond acceptors (Lipinski definition) is 3. The summed E-state index contributed by atoms with van der Waals surface area (Å²) in [6, 6.07) is 0. The van der Waals surface area contributed by atoms with Gasteiger partial charge in [-0.05, 0) is 25.7 Å². The molecule has 4 heteroatoms. The zero-order chi connectivity index (χ0) is 23.7. The summed E-state index contributed by atoms with van der Waals surface area (Å²) < 4.78 is 4.99. The number of unbranched alkanes of at least 4 members (excludes halogenated alkanes) is 16. The summed E-state index contributed by atoms with van der Waals surface area (Å²) in [5.41, 5.74) is 0. The molecule has 1 N–H and O–H groups in total. The van der Waals surface area contributed by atoms with Crippen LogP contribution in [0.4, 0.5) is 0 Å². The van der Waals surface area contributed by atoms with E-state index < -0.39 is 17.9 Å². The molecule has 1 unspecified atom stereocenters. The van der Waals surface area contributed by atoms with Crippen LogP contribution in [0, 0.1) is 5.92 Å². The Labute approximate surface area is 198 Å². The molecule has 0 radical (unpaired) electrons. The summed E-state index contributed by atoms with van der Waals surface area (Å²) in [7, 11) is 0. The molecule has 0 aromatic rings. The molecule has 0 aliphatic carbocycles. The number of hydrogen-bond donors (Lipinski definition) is 1. The van der Waals surface area contributed by atoms with Crippen molar-refractivity contribution < 1.29 is 19.4 Å². The first-order chi connectivity index (χ1) is 15.6. The number of carboxylic acids is 1. The van der Waals surface area contributed by atoms with Crippen LogP contribution in [0.1, 0.15) is 142 Å². The highest BCUT2D eigenvalue weighted by Gasteiger charge is 2.20. The molecule has 0 bridgehead atoms. The lowest BCUT2D eigenvalue weighted by Crippen LogP contribution is -2.19. The Bertz CT molecular complexity index is 458. The molecule has 0 rings (SSSR count). The van der Waals surface area contributed by atoms with Gasteiger partial charge in [0.1, 0.15) is 0 Å². The van der Waals surface area contributed by atoms with Gasteiger partial charge in [-0.25, -0.2) is 0 Å². The quantitative estimate of drug-likeness (QED) is 0.0904. The van der Waals surface area contributed by atoms with E-state index in [2.05, 4.69) is 13.0 Å². The van der Waals surface area contributed by atoms with Crippen molar-refractivity contribution in [1.82, 2.24) is 0 Å². The Morgan fingerprint density at radius 3 is 1.59 bits per heavy atom. The Kier molecular flexibility index (Phi) is 23.3. The third kappa shape index (κ3) is 21.9. The Morgan fingerprint density at radius 2 is 1.16 bits per heavy atom. The largest absolute Gasteiger partial charge is 0.481 e. The number of carbonyl (C=O) groups is 2. The molecule has 1 atom stereocenters. The second-order valence-electron chi connectivity index (χ2n) is 9.26. The van der Waals surface area contributed by atoms with Crippen LogP contribution in [0.5, 0.6) is 0 Å². The second kappa shape index (κ2) is 24.3. The highest BCUT2D eigenvalue weighted by Crippen LogP contribution is 2.15. The van der Waals surface area contributed by atoms with Gasteiger partial charge in [0.2, 0.25) is 0 Å². The van der Waals surface area contributed by atoms with Crippen molar-refractivity contribution in [3.05, 3.63) is 12.2 Å². The van der Waals surface area contributed by atoms with Crippen LogP contribution in [0.25, 0.3) is 0 Å². The molecular formula is C28H52O4. The van der Waals surface area contributed by atoms with Gasteiger partial charge < -0.3 is 9.84 Å². The minimum Gasteiger partial charge on any atom is -0.481 e. The van der Waals surface area contributed by atoms with Crippen molar-refractivity contribution in [3.8, 4) is 0 Å². The maximum absolute atomic E-state index is 11.6. The molecule has 32 heavy (non-hydrogen) atoms. The molecule has 0 fully saturated rings. The first-order valence-corrected chi connectivity index (χ1v) is 13.6. The fourth-order valence-electron chi connectivity index (χ4n) is 3.94. The number of allylic oxidation sites excluding steroid dienone is 2. The van der Waals surface area contributed by atoms with Gasteiger partial charge in [-0.2, -0.15) is 0 Å². The van der Waals surface area contributed by atoms with E-state index in [0.29, 0.717) is 13.0 Å². The molecule has 0 saturated carbocycles. The predicted molar refractivity (Wildman–Crippen MR) is 135 cm³/mol. The van der Waals surface area contributed by atoms with Gasteiger partial charge in [0.25, 0.3) is 0 Å². The van der Waals surface area contributed by atoms with E-state index in [-0.39, 0.29) is 6.42 Å². The number of esters is 1. The van der Waals surface area contributed by atoms with Crippen LogP contribution in [0.2, 0.25) is 0 Å². The van der Waals surface area contributed by atoms with E-state index in [9.17, 15) is 14.7 Å². The Balaban J connectivity index is 3.45. The fraction of sp³-hybridized carbons (Fsp3) is 0.857. The highest BCUT2D eigenvalue weighted by molar-refractivity contribution is 5.78. The third-order valence-electron chi connectivity index (χ3n) is 6.04. The van der Waals surface area contributed by atoms with Crippen molar-refractivity contribution >= 4 is 11.9 Å². The van der Waals surface area contributed by atoms with Gasteiger partial charge in [-0.3, -0.25) is 9.59 Å². The first-order valence-electron chi connectivity index (χ1n) is 13.6. The second-order valence-corrected chi connectivity index (χ2v) is 9.26. The molecule has 0 aromatic carbocycles. The molecule has 0 aromatic heterocycles. The maximum Gasteiger partial charge on any atom is 0.307 e. The summed E-state index contributed by atoms with van der Waals surface area (Å²) in [6.07, 6.45) is 28.0. The van der Waals surface area contributed by atoms with Gasteiger partial charge in [-0.15, -0.1) is 0 Å². The van der Waals surface area contributed by atoms with Crippen LogP contribution in [-0.4, -0.2) is 23.7 Å². The molecule has 0 aliphatic rings. The van der Waals surface area contributed by atoms with Crippen LogP contribution in [-0.2, 0) is 14.3 Å². The first kappa shape index (κ1) is 30.7. The van der Waals surface area contributed by atoms with E-state index >= 15 is 0 Å². The maximum atomic E-state index is 11.6. The third-order valence-corrected chi connectivity index (χ3v) is 6.04. The number of rotatable bonds is 24. The molecular weight excluding hydrogens is 400 g/mol. The van der Waals surface area contributed by atoms with Crippen LogP contribution < -0.4 is 0 Å². The molecule has 188 valence electrons. The number of aliphatic carboxylic acids is 1. The predicted octanol–water partition coefficient (Wildman–Crippen LogP) is 8.63. The van der Waals surface area contributed by atoms with Crippen molar-refractivity contribution in [1.29, 1.82) is 0 Å². The molecule has 4 nitrogen and oxygen atoms in total. The van der Waals surface area contributed by atoms with Gasteiger partial charge >= 0.3 is 11.9 Å². The van der Waals surface area contributed by atoms with Crippen LogP contribution >= 0.6 is 0 Å². The summed E-state index contributed by atoms with van der Waals surface area (Å²) >= 11 is 0. The average Bonchev–Trinajstić information content (AvgIpc) is 2.78. The molecule has 0 aliphatic heterocycles. The van der Waals surface area contributed by atoms with Crippen molar-refractivity contribution in [2.24, 2.45) is 5.92 Å². The highest BCUT2D eigenvalue weighted by atomic mass is 16.5. The van der Waals surface area contributed by atoms with E-state index in [0.717, 1.165) is 19.3 Å². The van der Waals surface area contributed by atoms with E-state index in [4.69, 9.17) is 4.74 Å². The summed E-state index contributed by atoms with van der Waals surface area (Å²) in [6.45, 7) is 4.56. The van der Waals surface area contributed by atoms with Gasteiger partial charge in [0.05, 0.1) is 18.9 Å². The normalized spacial score (nSPS) is 12.3. The number of ether oxygens (including phenoxy) is 1. The van der Waals surface area contributed by atoms with Gasteiger partial charge in [-0.1, -0.05) is 122 Å². The lowest BCUT2D eigenvalue weighted by molar-refractivity contribution is -0.151. The Hall–Kier alpha value is -1.32. The zero-order valence-corrected chi connectivity index (χ0v) is 21.3. The van der Waals surface area contributed by atoms with E-state index in [1.807, 2.05) is 13.0 Å². The minimum atomic E-state index is -0.925. The smallest absolute Gasteiger partial charge is 0.307 e. The molecule has 0 saturated heterocycles. The lowest BCUT2D eigenvalue weighted by atomic mass is 10.0. The van der Waals surface area contributed by atoms with Crippen molar-refractivity contribution in [2.75, 3.05) is 6.61 Å². The molecule has 0 heterocycles.